The van der Waals surface area contributed by atoms with Crippen molar-refractivity contribution in [2.75, 3.05) is 5.32 Å². The summed E-state index contributed by atoms with van der Waals surface area (Å²) in [5.41, 5.74) is 1.90. The largest absolute Gasteiger partial charge is 0.312 e. The maximum Gasteiger partial charge on any atom is 0.267 e. The number of carbonyl (C=O) groups excluding carboxylic acids is 1. The molecule has 3 heterocycles. The van der Waals surface area contributed by atoms with Crippen molar-refractivity contribution in [1.29, 1.82) is 0 Å². The van der Waals surface area contributed by atoms with Crippen LogP contribution >= 0.6 is 45.6 Å². The third-order valence-corrected chi connectivity index (χ3v) is 7.73. The first-order valence-electron chi connectivity index (χ1n) is 8.12. The summed E-state index contributed by atoms with van der Waals surface area (Å²) in [6.45, 7) is 0. The van der Waals surface area contributed by atoms with Crippen LogP contribution in [-0.2, 0) is 0 Å². The van der Waals surface area contributed by atoms with E-state index in [0.29, 0.717) is 9.90 Å². The predicted molar refractivity (Wildman–Crippen MR) is 118 cm³/mol. The van der Waals surface area contributed by atoms with Crippen LogP contribution in [0.2, 0.25) is 5.02 Å². The molecule has 0 atom stereocenters. The molecule has 0 spiro atoms. The van der Waals surface area contributed by atoms with Crippen molar-refractivity contribution in [1.82, 2.24) is 4.98 Å². The molecule has 0 saturated heterocycles. The molecule has 2 aromatic carbocycles. The highest BCUT2D eigenvalue weighted by Gasteiger charge is 2.20. The van der Waals surface area contributed by atoms with Crippen molar-refractivity contribution >= 4 is 76.8 Å². The fourth-order valence-corrected chi connectivity index (χ4v) is 6.14. The van der Waals surface area contributed by atoms with E-state index in [0.717, 1.165) is 35.9 Å². The standard InChI is InChI=1S/C20H11ClN2OS3/c21-16-11-5-1-3-7-14(11)26-17(16)18(24)23-19-12(9-10-25-19)20-22-13-6-2-4-8-15(13)27-20/h1-10H,(H,23,24). The van der Waals surface area contributed by atoms with Crippen LogP contribution in [0, 0.1) is 0 Å². The second-order valence-corrected chi connectivity index (χ2v) is 9.22. The Labute approximate surface area is 171 Å². The molecular weight excluding hydrogens is 416 g/mol. The summed E-state index contributed by atoms with van der Waals surface area (Å²) >= 11 is 11.0. The molecule has 5 rings (SSSR count). The number of halogens is 1. The lowest BCUT2D eigenvalue weighted by atomic mass is 10.2. The summed E-state index contributed by atoms with van der Waals surface area (Å²) in [6.07, 6.45) is 0. The summed E-state index contributed by atoms with van der Waals surface area (Å²) < 4.78 is 2.13. The molecule has 0 fully saturated rings. The first-order valence-corrected chi connectivity index (χ1v) is 11.0. The van der Waals surface area contributed by atoms with E-state index in [2.05, 4.69) is 11.4 Å². The first-order chi connectivity index (χ1) is 13.2. The number of aromatic nitrogens is 1. The minimum Gasteiger partial charge on any atom is -0.312 e. The average molecular weight is 427 g/mol. The molecule has 0 unspecified atom stereocenters. The number of anilines is 1. The highest BCUT2D eigenvalue weighted by Crippen LogP contribution is 2.39. The molecule has 0 aliphatic rings. The Hall–Kier alpha value is -2.25. The van der Waals surface area contributed by atoms with Gasteiger partial charge in [0.1, 0.15) is 14.9 Å². The van der Waals surface area contributed by atoms with Crippen molar-refractivity contribution < 1.29 is 4.79 Å². The number of fused-ring (bicyclic) bond motifs is 2. The van der Waals surface area contributed by atoms with Gasteiger partial charge in [-0.1, -0.05) is 41.9 Å². The second-order valence-electron chi connectivity index (χ2n) is 5.85. The predicted octanol–water partition coefficient (Wildman–Crippen LogP) is 7.15. The summed E-state index contributed by atoms with van der Waals surface area (Å²) in [7, 11) is 0. The third kappa shape index (κ3) is 2.95. The molecule has 132 valence electrons. The number of hydrogen-bond donors (Lipinski definition) is 1. The Bertz CT molecular complexity index is 1270. The summed E-state index contributed by atoms with van der Waals surface area (Å²) in [5.74, 6) is -0.189. The molecule has 1 amide bonds. The zero-order valence-electron chi connectivity index (χ0n) is 13.7. The number of nitrogens with zero attached hydrogens (tertiary/aromatic N) is 1. The fourth-order valence-electron chi connectivity index (χ4n) is 2.88. The number of rotatable bonds is 3. The van der Waals surface area contributed by atoms with E-state index >= 15 is 0 Å². The smallest absolute Gasteiger partial charge is 0.267 e. The maximum absolute atomic E-state index is 12.9. The minimum atomic E-state index is -0.189. The lowest BCUT2D eigenvalue weighted by Gasteiger charge is -2.03. The van der Waals surface area contributed by atoms with Gasteiger partial charge >= 0.3 is 0 Å². The van der Waals surface area contributed by atoms with Gasteiger partial charge in [-0.2, -0.15) is 0 Å². The summed E-state index contributed by atoms with van der Waals surface area (Å²) in [4.78, 5) is 18.1. The number of thiophene rings is 2. The quantitative estimate of drug-likeness (QED) is 0.333. The molecular formula is C20H11ClN2OS3. The van der Waals surface area contributed by atoms with Crippen LogP contribution in [0.15, 0.2) is 60.0 Å². The molecule has 7 heteroatoms. The van der Waals surface area contributed by atoms with Gasteiger partial charge in [-0.05, 0) is 29.6 Å². The normalized spacial score (nSPS) is 11.3. The number of carbonyl (C=O) groups is 1. The highest BCUT2D eigenvalue weighted by molar-refractivity contribution is 7.23. The van der Waals surface area contributed by atoms with Gasteiger partial charge in [0.15, 0.2) is 0 Å². The molecule has 0 radical (unpaired) electrons. The molecule has 3 aromatic heterocycles. The zero-order chi connectivity index (χ0) is 18.4. The van der Waals surface area contributed by atoms with Crippen molar-refractivity contribution in [3.63, 3.8) is 0 Å². The Morgan fingerprint density at radius 3 is 2.56 bits per heavy atom. The molecule has 0 aliphatic heterocycles. The Morgan fingerprint density at radius 2 is 1.74 bits per heavy atom. The Morgan fingerprint density at radius 1 is 0.963 bits per heavy atom. The van der Waals surface area contributed by atoms with Gasteiger partial charge in [-0.3, -0.25) is 4.79 Å². The maximum atomic E-state index is 12.9. The van der Waals surface area contributed by atoms with Crippen molar-refractivity contribution in [3.05, 3.63) is 69.9 Å². The monoisotopic (exact) mass is 426 g/mol. The van der Waals surface area contributed by atoms with E-state index in [-0.39, 0.29) is 5.91 Å². The molecule has 27 heavy (non-hydrogen) atoms. The second kappa shape index (κ2) is 6.73. The van der Waals surface area contributed by atoms with E-state index in [9.17, 15) is 4.79 Å². The first kappa shape index (κ1) is 16.9. The van der Waals surface area contributed by atoms with Gasteiger partial charge in [-0.25, -0.2) is 4.98 Å². The van der Waals surface area contributed by atoms with Crippen LogP contribution in [0.4, 0.5) is 5.00 Å². The van der Waals surface area contributed by atoms with Gasteiger partial charge in [0.25, 0.3) is 5.91 Å². The Balaban J connectivity index is 1.50. The molecule has 0 saturated carbocycles. The number of nitrogens with one attached hydrogen (secondary N) is 1. The van der Waals surface area contributed by atoms with Gasteiger partial charge < -0.3 is 5.32 Å². The van der Waals surface area contributed by atoms with Crippen LogP contribution in [0.5, 0.6) is 0 Å². The van der Waals surface area contributed by atoms with Crippen LogP contribution < -0.4 is 5.32 Å². The number of benzene rings is 2. The number of thiazole rings is 1. The highest BCUT2D eigenvalue weighted by atomic mass is 35.5. The summed E-state index contributed by atoms with van der Waals surface area (Å²) in [6, 6.07) is 17.8. The van der Waals surface area contributed by atoms with Gasteiger partial charge in [-0.15, -0.1) is 34.0 Å². The lowest BCUT2D eigenvalue weighted by Crippen LogP contribution is -2.10. The number of amides is 1. The zero-order valence-corrected chi connectivity index (χ0v) is 16.9. The van der Waals surface area contributed by atoms with Crippen molar-refractivity contribution in [3.8, 4) is 10.6 Å². The van der Waals surface area contributed by atoms with E-state index in [1.54, 1.807) is 11.3 Å². The van der Waals surface area contributed by atoms with Gasteiger partial charge in [0, 0.05) is 15.6 Å². The van der Waals surface area contributed by atoms with Crippen LogP contribution in [0.3, 0.4) is 0 Å². The van der Waals surface area contributed by atoms with E-state index in [4.69, 9.17) is 16.6 Å². The van der Waals surface area contributed by atoms with E-state index < -0.39 is 0 Å². The van der Waals surface area contributed by atoms with Crippen LogP contribution in [0.25, 0.3) is 30.9 Å². The van der Waals surface area contributed by atoms with Crippen molar-refractivity contribution in [2.24, 2.45) is 0 Å². The number of para-hydroxylation sites is 1. The van der Waals surface area contributed by atoms with Crippen LogP contribution in [-0.4, -0.2) is 10.9 Å². The molecule has 0 bridgehead atoms. The van der Waals surface area contributed by atoms with E-state index in [1.165, 1.54) is 22.7 Å². The Kier molecular flexibility index (Phi) is 4.21. The topological polar surface area (TPSA) is 42.0 Å². The van der Waals surface area contributed by atoms with Gasteiger partial charge in [0.05, 0.1) is 15.2 Å². The summed E-state index contributed by atoms with van der Waals surface area (Å²) in [5, 5.41) is 8.08. The van der Waals surface area contributed by atoms with E-state index in [1.807, 2.05) is 53.9 Å². The van der Waals surface area contributed by atoms with Gasteiger partial charge in [0.2, 0.25) is 0 Å². The molecule has 3 nitrogen and oxygen atoms in total. The minimum absolute atomic E-state index is 0.189. The van der Waals surface area contributed by atoms with Crippen molar-refractivity contribution in [2.45, 2.75) is 0 Å². The lowest BCUT2D eigenvalue weighted by molar-refractivity contribution is 0.103. The van der Waals surface area contributed by atoms with Crippen LogP contribution in [0.1, 0.15) is 9.67 Å². The molecule has 5 aromatic rings. The fraction of sp³-hybridized carbons (Fsp3) is 0. The molecule has 0 aliphatic carbocycles. The third-order valence-electron chi connectivity index (χ3n) is 4.16. The molecule has 1 N–H and O–H groups in total. The SMILES string of the molecule is O=C(Nc1sccc1-c1nc2ccccc2s1)c1sc2ccccc2c1Cl. The average Bonchev–Trinajstić information content (AvgIpc) is 3.38. The number of hydrogen-bond acceptors (Lipinski definition) is 5.